The van der Waals surface area contributed by atoms with Gasteiger partial charge in [0.1, 0.15) is 0 Å². The average Bonchev–Trinajstić information content (AvgIpc) is 3.49. The summed E-state index contributed by atoms with van der Waals surface area (Å²) in [6.07, 6.45) is 5.62. The number of carbonyl (C=O) groups is 1. The Bertz CT molecular complexity index is 1360. The van der Waals surface area contributed by atoms with Crippen molar-refractivity contribution in [2.24, 2.45) is 0 Å². The van der Waals surface area contributed by atoms with E-state index < -0.39 is 0 Å². The number of carbonyl (C=O) groups excluding carboxylic acids is 1. The Labute approximate surface area is 216 Å². The van der Waals surface area contributed by atoms with Crippen LogP contribution < -0.4 is 16.0 Å². The van der Waals surface area contributed by atoms with E-state index in [4.69, 9.17) is 10.2 Å². The number of nitrogens with one attached hydrogen (secondary N) is 3. The zero-order valence-corrected chi connectivity index (χ0v) is 21.5. The van der Waals surface area contributed by atoms with Gasteiger partial charge in [0.05, 0.1) is 35.6 Å². The molecule has 1 aliphatic rings. The molecular weight excluding hydrogens is 466 g/mol. The van der Waals surface area contributed by atoms with E-state index in [9.17, 15) is 4.79 Å². The summed E-state index contributed by atoms with van der Waals surface area (Å²) in [6.45, 7) is 2.28. The summed E-state index contributed by atoms with van der Waals surface area (Å²) >= 11 is 0. The van der Waals surface area contributed by atoms with Crippen LogP contribution in [0.15, 0.2) is 54.9 Å². The summed E-state index contributed by atoms with van der Waals surface area (Å²) in [4.78, 5) is 18.9. The van der Waals surface area contributed by atoms with Crippen molar-refractivity contribution in [2.75, 3.05) is 45.0 Å². The van der Waals surface area contributed by atoms with Crippen LogP contribution in [0.1, 0.15) is 18.4 Å². The molecule has 192 valence electrons. The highest BCUT2D eigenvalue weighted by atomic mass is 16.1. The highest BCUT2D eigenvalue weighted by Crippen LogP contribution is 2.38. The molecule has 3 N–H and O–H groups in total. The van der Waals surface area contributed by atoms with Crippen LogP contribution in [0.2, 0.25) is 0 Å². The number of aryl methyl sites for hydroxylation is 1. The lowest BCUT2D eigenvalue weighted by Gasteiger charge is -2.16. The topological polar surface area (TPSA) is 105 Å². The maximum absolute atomic E-state index is 12.5. The highest BCUT2D eigenvalue weighted by Gasteiger charge is 2.28. The smallest absolute Gasteiger partial charge is 0.225 e. The average molecular weight is 500 g/mol. The Balaban J connectivity index is 1.49. The van der Waals surface area contributed by atoms with Gasteiger partial charge in [-0.25, -0.2) is 4.68 Å². The predicted molar refractivity (Wildman–Crippen MR) is 146 cm³/mol. The number of nitrogens with zero attached hydrogens (tertiary/aromatic N) is 6. The molecule has 5 rings (SSSR count). The van der Waals surface area contributed by atoms with E-state index in [2.05, 4.69) is 50.1 Å². The van der Waals surface area contributed by atoms with Gasteiger partial charge in [-0.05, 0) is 64.8 Å². The molecule has 10 nitrogen and oxygen atoms in total. The van der Waals surface area contributed by atoms with Crippen LogP contribution in [0.3, 0.4) is 0 Å². The molecule has 0 bridgehead atoms. The van der Waals surface area contributed by atoms with Crippen molar-refractivity contribution in [3.05, 3.63) is 60.4 Å². The normalized spacial score (nSPS) is 12.3. The fourth-order valence-corrected chi connectivity index (χ4v) is 4.60. The third-order valence-corrected chi connectivity index (χ3v) is 6.37. The number of rotatable bonds is 10. The molecule has 1 aromatic carbocycles. The largest absolute Gasteiger partial charge is 0.372 e. The van der Waals surface area contributed by atoms with Crippen LogP contribution in [0.5, 0.6) is 0 Å². The summed E-state index contributed by atoms with van der Waals surface area (Å²) in [5.74, 6) is 0.545. The first-order chi connectivity index (χ1) is 18.0. The first-order valence-electron chi connectivity index (χ1n) is 12.6. The minimum absolute atomic E-state index is 0.0223. The summed E-state index contributed by atoms with van der Waals surface area (Å²) in [5, 5.41) is 19.2. The second-order valence-corrected chi connectivity index (χ2v) is 9.43. The van der Waals surface area contributed by atoms with Gasteiger partial charge in [-0.3, -0.25) is 14.5 Å². The molecule has 0 saturated heterocycles. The van der Waals surface area contributed by atoms with E-state index in [-0.39, 0.29) is 5.91 Å². The van der Waals surface area contributed by atoms with E-state index >= 15 is 0 Å². The number of aromatic nitrogens is 5. The maximum Gasteiger partial charge on any atom is 0.225 e. The number of benzene rings is 1. The molecule has 0 atom stereocenters. The molecule has 3 aromatic heterocycles. The first kappa shape index (κ1) is 24.7. The van der Waals surface area contributed by atoms with Gasteiger partial charge in [-0.15, -0.1) is 0 Å². The minimum atomic E-state index is -0.0223. The van der Waals surface area contributed by atoms with Crippen molar-refractivity contribution in [3.63, 3.8) is 0 Å². The number of hydrogen-bond donors (Lipinski definition) is 3. The molecule has 0 saturated carbocycles. The third-order valence-electron chi connectivity index (χ3n) is 6.37. The van der Waals surface area contributed by atoms with E-state index in [0.29, 0.717) is 25.5 Å². The van der Waals surface area contributed by atoms with Crippen LogP contribution in [0.25, 0.3) is 28.3 Å². The molecule has 37 heavy (non-hydrogen) atoms. The SMILES string of the molecule is CNCNc1ccc(-c2nn(-c3cccnc3)c3c2CCn2nc(NC(=O)CCCN(C)C)cc2-3)cc1. The lowest BCUT2D eigenvalue weighted by atomic mass is 9.99. The lowest BCUT2D eigenvalue weighted by molar-refractivity contribution is -0.116. The Morgan fingerprint density at radius 2 is 1.97 bits per heavy atom. The standard InChI is InChI=1S/C27H33N9O/c1-28-18-30-20-10-8-19(9-11-20)26-22-12-15-35-23(27(22)36(33-26)21-6-4-13-29-17-21)16-24(32-35)31-25(37)7-5-14-34(2)3/h4,6,8-11,13,16-17,28,30H,5,7,12,14-15,18H2,1-3H3,(H,31,32,37). The van der Waals surface area contributed by atoms with Gasteiger partial charge in [0.2, 0.25) is 5.91 Å². The fourth-order valence-electron chi connectivity index (χ4n) is 4.60. The van der Waals surface area contributed by atoms with Crippen LogP contribution >= 0.6 is 0 Å². The minimum Gasteiger partial charge on any atom is -0.372 e. The lowest BCUT2D eigenvalue weighted by Crippen LogP contribution is -2.17. The monoisotopic (exact) mass is 499 g/mol. The van der Waals surface area contributed by atoms with Crippen molar-refractivity contribution in [2.45, 2.75) is 25.8 Å². The van der Waals surface area contributed by atoms with Crippen molar-refractivity contribution < 1.29 is 4.79 Å². The van der Waals surface area contributed by atoms with Gasteiger partial charge in [0, 0.05) is 42.0 Å². The summed E-state index contributed by atoms with van der Waals surface area (Å²) in [7, 11) is 5.92. The maximum atomic E-state index is 12.5. The molecule has 4 aromatic rings. The number of anilines is 2. The fraction of sp³-hybridized carbons (Fsp3) is 0.333. The van der Waals surface area contributed by atoms with Crippen LogP contribution in [-0.2, 0) is 17.8 Å². The number of hydrogen-bond acceptors (Lipinski definition) is 7. The Hall–Kier alpha value is -4.02. The van der Waals surface area contributed by atoms with Crippen LogP contribution in [-0.4, -0.2) is 69.7 Å². The summed E-state index contributed by atoms with van der Waals surface area (Å²) in [5.41, 5.74) is 6.99. The van der Waals surface area contributed by atoms with E-state index in [0.717, 1.165) is 59.0 Å². The van der Waals surface area contributed by atoms with Gasteiger partial charge in [-0.2, -0.15) is 10.2 Å². The molecule has 0 fully saturated rings. The molecular formula is C27H33N9O. The molecule has 1 amide bonds. The van der Waals surface area contributed by atoms with Crippen molar-refractivity contribution in [3.8, 4) is 28.3 Å². The van der Waals surface area contributed by atoms with Crippen molar-refractivity contribution in [1.82, 2.24) is 34.8 Å². The number of amides is 1. The Morgan fingerprint density at radius 3 is 2.70 bits per heavy atom. The van der Waals surface area contributed by atoms with Crippen molar-refractivity contribution >= 4 is 17.4 Å². The highest BCUT2D eigenvalue weighted by molar-refractivity contribution is 5.90. The second kappa shape index (κ2) is 10.9. The third kappa shape index (κ3) is 5.40. The Morgan fingerprint density at radius 1 is 1.14 bits per heavy atom. The van der Waals surface area contributed by atoms with Gasteiger partial charge in [0.25, 0.3) is 0 Å². The second-order valence-electron chi connectivity index (χ2n) is 9.43. The van der Waals surface area contributed by atoms with E-state index in [1.54, 1.807) is 6.20 Å². The van der Waals surface area contributed by atoms with Crippen molar-refractivity contribution in [1.29, 1.82) is 0 Å². The molecule has 0 unspecified atom stereocenters. The van der Waals surface area contributed by atoms with E-state index in [1.165, 1.54) is 0 Å². The molecule has 0 aliphatic carbocycles. The molecule has 1 aliphatic heterocycles. The summed E-state index contributed by atoms with van der Waals surface area (Å²) < 4.78 is 3.90. The van der Waals surface area contributed by atoms with Gasteiger partial charge in [0.15, 0.2) is 5.82 Å². The summed E-state index contributed by atoms with van der Waals surface area (Å²) in [6, 6.07) is 14.2. The molecule has 10 heteroatoms. The predicted octanol–water partition coefficient (Wildman–Crippen LogP) is 3.22. The van der Waals surface area contributed by atoms with Gasteiger partial charge in [-0.1, -0.05) is 12.1 Å². The molecule has 0 spiro atoms. The zero-order chi connectivity index (χ0) is 25.8. The van der Waals surface area contributed by atoms with Gasteiger partial charge >= 0.3 is 0 Å². The zero-order valence-electron chi connectivity index (χ0n) is 21.5. The van der Waals surface area contributed by atoms with Crippen LogP contribution in [0, 0.1) is 0 Å². The number of fused-ring (bicyclic) bond motifs is 3. The molecule has 4 heterocycles. The van der Waals surface area contributed by atoms with Crippen LogP contribution in [0.4, 0.5) is 11.5 Å². The first-order valence-corrected chi connectivity index (χ1v) is 12.6. The Kier molecular flexibility index (Phi) is 7.29. The number of pyridine rings is 1. The van der Waals surface area contributed by atoms with E-state index in [1.807, 2.05) is 54.9 Å². The quantitative estimate of drug-likeness (QED) is 0.288. The van der Waals surface area contributed by atoms with Gasteiger partial charge < -0.3 is 20.9 Å². The molecule has 0 radical (unpaired) electrons.